The number of nitrogens with zero attached hydrogens (tertiary/aromatic N) is 1. The predicted molar refractivity (Wildman–Crippen MR) is 56.9 cm³/mol. The van der Waals surface area contributed by atoms with Crippen LogP contribution in [0.1, 0.15) is 6.42 Å². The second-order valence-corrected chi connectivity index (χ2v) is 3.54. The summed E-state index contributed by atoms with van der Waals surface area (Å²) in [6.07, 6.45) is 5.21. The summed E-state index contributed by atoms with van der Waals surface area (Å²) in [5, 5.41) is 0. The fraction of sp³-hybridized carbons (Fsp3) is 0.600. The number of rotatable bonds is 3. The number of ether oxygens (including phenoxy) is 1. The molecule has 0 aromatic heterocycles. The molecule has 6 heteroatoms. The van der Waals surface area contributed by atoms with Crippen molar-refractivity contribution < 1.29 is 14.3 Å². The van der Waals surface area contributed by atoms with Gasteiger partial charge in [-0.2, -0.15) is 0 Å². The third-order valence-electron chi connectivity index (χ3n) is 2.39. The lowest BCUT2D eigenvalue weighted by Gasteiger charge is -2.34. The smallest absolute Gasteiger partial charge is 0.242 e. The SMILES string of the molecule is C#CCC(N)C(=O)N1CCOCC1C(N)=O. The van der Waals surface area contributed by atoms with E-state index in [2.05, 4.69) is 5.92 Å². The third-order valence-corrected chi connectivity index (χ3v) is 2.39. The van der Waals surface area contributed by atoms with Gasteiger partial charge in [0.15, 0.2) is 0 Å². The lowest BCUT2D eigenvalue weighted by molar-refractivity contribution is -0.148. The highest BCUT2D eigenvalue weighted by atomic mass is 16.5. The number of terminal acetylenes is 1. The minimum atomic E-state index is -0.787. The van der Waals surface area contributed by atoms with Crippen LogP contribution >= 0.6 is 0 Å². The molecule has 16 heavy (non-hydrogen) atoms. The van der Waals surface area contributed by atoms with Crippen molar-refractivity contribution in [1.29, 1.82) is 0 Å². The highest BCUT2D eigenvalue weighted by Crippen LogP contribution is 2.09. The molecule has 1 aliphatic rings. The van der Waals surface area contributed by atoms with E-state index < -0.39 is 18.0 Å². The molecular formula is C10H15N3O3. The molecule has 88 valence electrons. The summed E-state index contributed by atoms with van der Waals surface area (Å²) < 4.78 is 5.09. The van der Waals surface area contributed by atoms with Gasteiger partial charge in [0, 0.05) is 13.0 Å². The molecule has 1 aliphatic heterocycles. The summed E-state index contributed by atoms with van der Waals surface area (Å²) in [7, 11) is 0. The Balaban J connectivity index is 2.72. The maximum Gasteiger partial charge on any atom is 0.242 e. The van der Waals surface area contributed by atoms with Gasteiger partial charge in [-0.15, -0.1) is 12.3 Å². The molecule has 6 nitrogen and oxygen atoms in total. The number of primary amides is 1. The van der Waals surface area contributed by atoms with E-state index in [1.54, 1.807) is 0 Å². The van der Waals surface area contributed by atoms with Crippen LogP contribution in [0.5, 0.6) is 0 Å². The summed E-state index contributed by atoms with van der Waals surface area (Å²) in [5.74, 6) is 1.36. The van der Waals surface area contributed by atoms with E-state index in [0.29, 0.717) is 13.2 Å². The van der Waals surface area contributed by atoms with Crippen molar-refractivity contribution in [2.24, 2.45) is 11.5 Å². The topological polar surface area (TPSA) is 98.7 Å². The Morgan fingerprint density at radius 2 is 2.31 bits per heavy atom. The number of carbonyl (C=O) groups excluding carboxylic acids is 2. The van der Waals surface area contributed by atoms with E-state index >= 15 is 0 Å². The molecule has 1 heterocycles. The van der Waals surface area contributed by atoms with Gasteiger partial charge in [-0.25, -0.2) is 0 Å². The molecule has 4 N–H and O–H groups in total. The van der Waals surface area contributed by atoms with E-state index in [1.807, 2.05) is 0 Å². The van der Waals surface area contributed by atoms with E-state index in [0.717, 1.165) is 0 Å². The van der Waals surface area contributed by atoms with Crippen LogP contribution in [0, 0.1) is 12.3 Å². The Morgan fingerprint density at radius 3 is 2.88 bits per heavy atom. The Kier molecular flexibility index (Phi) is 4.28. The van der Waals surface area contributed by atoms with Gasteiger partial charge in [0.2, 0.25) is 11.8 Å². The summed E-state index contributed by atoms with van der Waals surface area (Å²) in [6.45, 7) is 0.798. The standard InChI is InChI=1S/C10H15N3O3/c1-2-3-7(11)10(15)13-4-5-16-6-8(13)9(12)14/h1,7-8H,3-6,11H2,(H2,12,14). The normalized spacial score (nSPS) is 22.2. The molecule has 0 radical (unpaired) electrons. The Labute approximate surface area is 93.9 Å². The Morgan fingerprint density at radius 1 is 1.62 bits per heavy atom. The molecule has 2 unspecified atom stereocenters. The van der Waals surface area contributed by atoms with Gasteiger partial charge >= 0.3 is 0 Å². The van der Waals surface area contributed by atoms with Crippen LogP contribution in [0.25, 0.3) is 0 Å². The van der Waals surface area contributed by atoms with E-state index in [-0.39, 0.29) is 18.9 Å². The molecule has 0 bridgehead atoms. The van der Waals surface area contributed by atoms with Crippen molar-refractivity contribution in [2.75, 3.05) is 19.8 Å². The van der Waals surface area contributed by atoms with Crippen molar-refractivity contribution in [2.45, 2.75) is 18.5 Å². The van der Waals surface area contributed by atoms with Crippen molar-refractivity contribution in [3.8, 4) is 12.3 Å². The summed E-state index contributed by atoms with van der Waals surface area (Å²) >= 11 is 0. The summed E-state index contributed by atoms with van der Waals surface area (Å²) in [4.78, 5) is 24.3. The largest absolute Gasteiger partial charge is 0.377 e. The Bertz CT molecular complexity index is 324. The molecule has 1 rings (SSSR count). The minimum absolute atomic E-state index is 0.115. The van der Waals surface area contributed by atoms with E-state index in [9.17, 15) is 9.59 Å². The van der Waals surface area contributed by atoms with Gasteiger partial charge in [0.1, 0.15) is 6.04 Å². The maximum atomic E-state index is 11.8. The summed E-state index contributed by atoms with van der Waals surface area (Å²) in [5.41, 5.74) is 10.8. The molecule has 1 saturated heterocycles. The molecular weight excluding hydrogens is 210 g/mol. The average molecular weight is 225 g/mol. The van der Waals surface area contributed by atoms with Crippen LogP contribution in [-0.2, 0) is 14.3 Å². The minimum Gasteiger partial charge on any atom is -0.377 e. The number of morpholine rings is 1. The Hall–Kier alpha value is -1.58. The molecule has 0 spiro atoms. The van der Waals surface area contributed by atoms with Crippen LogP contribution in [0.15, 0.2) is 0 Å². The van der Waals surface area contributed by atoms with Gasteiger partial charge in [-0.3, -0.25) is 9.59 Å². The molecule has 0 aromatic rings. The first-order valence-electron chi connectivity index (χ1n) is 4.94. The first-order valence-corrected chi connectivity index (χ1v) is 4.94. The van der Waals surface area contributed by atoms with Crippen molar-refractivity contribution in [3.05, 3.63) is 0 Å². The highest BCUT2D eigenvalue weighted by molar-refractivity contribution is 5.89. The predicted octanol–water partition coefficient (Wildman–Crippen LogP) is -1.95. The van der Waals surface area contributed by atoms with Gasteiger partial charge in [-0.05, 0) is 0 Å². The zero-order chi connectivity index (χ0) is 12.1. The molecule has 0 saturated carbocycles. The van der Waals surface area contributed by atoms with Crippen molar-refractivity contribution in [3.63, 3.8) is 0 Å². The van der Waals surface area contributed by atoms with E-state index in [1.165, 1.54) is 4.90 Å². The maximum absolute atomic E-state index is 11.8. The molecule has 2 amide bonds. The van der Waals surface area contributed by atoms with Gasteiger partial charge in [0.05, 0.1) is 19.3 Å². The number of amides is 2. The van der Waals surface area contributed by atoms with Crippen molar-refractivity contribution >= 4 is 11.8 Å². The molecule has 0 aliphatic carbocycles. The second-order valence-electron chi connectivity index (χ2n) is 3.54. The molecule has 0 aromatic carbocycles. The van der Waals surface area contributed by atoms with Crippen LogP contribution in [-0.4, -0.2) is 48.6 Å². The second kappa shape index (κ2) is 5.49. The number of carbonyl (C=O) groups is 2. The fourth-order valence-corrected chi connectivity index (χ4v) is 1.53. The lowest BCUT2D eigenvalue weighted by atomic mass is 10.1. The van der Waals surface area contributed by atoms with Crippen molar-refractivity contribution in [1.82, 2.24) is 4.90 Å². The number of hydrogen-bond donors (Lipinski definition) is 2. The fourth-order valence-electron chi connectivity index (χ4n) is 1.53. The van der Waals surface area contributed by atoms with E-state index in [4.69, 9.17) is 22.6 Å². The first-order chi connectivity index (χ1) is 7.57. The number of nitrogens with two attached hydrogens (primary N) is 2. The monoisotopic (exact) mass is 225 g/mol. The third kappa shape index (κ3) is 2.72. The van der Waals surface area contributed by atoms with Gasteiger partial charge in [-0.1, -0.05) is 0 Å². The quantitative estimate of drug-likeness (QED) is 0.545. The van der Waals surface area contributed by atoms with Crippen LogP contribution in [0.2, 0.25) is 0 Å². The average Bonchev–Trinajstić information content (AvgIpc) is 2.28. The van der Waals surface area contributed by atoms with Gasteiger partial charge in [0.25, 0.3) is 0 Å². The summed E-state index contributed by atoms with van der Waals surface area (Å²) in [6, 6.07) is -1.53. The highest BCUT2D eigenvalue weighted by Gasteiger charge is 2.33. The van der Waals surface area contributed by atoms with Crippen LogP contribution in [0.4, 0.5) is 0 Å². The lowest BCUT2D eigenvalue weighted by Crippen LogP contribution is -2.58. The molecule has 2 atom stereocenters. The zero-order valence-corrected chi connectivity index (χ0v) is 8.89. The van der Waals surface area contributed by atoms with Crippen LogP contribution < -0.4 is 11.5 Å². The van der Waals surface area contributed by atoms with Crippen LogP contribution in [0.3, 0.4) is 0 Å². The molecule has 1 fully saturated rings. The number of hydrogen-bond acceptors (Lipinski definition) is 4. The first kappa shape index (κ1) is 12.5. The van der Waals surface area contributed by atoms with Gasteiger partial charge < -0.3 is 21.1 Å². The zero-order valence-electron chi connectivity index (χ0n) is 8.89.